The molecule has 1 fully saturated rings. The fourth-order valence-corrected chi connectivity index (χ4v) is 3.16. The summed E-state index contributed by atoms with van der Waals surface area (Å²) in [5.74, 6) is 0.507. The van der Waals surface area contributed by atoms with Gasteiger partial charge in [-0.1, -0.05) is 49.7 Å². The molecule has 110 valence electrons. The van der Waals surface area contributed by atoms with Crippen molar-refractivity contribution < 1.29 is 4.39 Å². The van der Waals surface area contributed by atoms with Crippen molar-refractivity contribution in [1.29, 1.82) is 0 Å². The van der Waals surface area contributed by atoms with Crippen molar-refractivity contribution in [2.75, 3.05) is 6.54 Å². The smallest absolute Gasteiger partial charge is 0.123 e. The summed E-state index contributed by atoms with van der Waals surface area (Å²) in [6, 6.07) is 15.6. The highest BCUT2D eigenvalue weighted by Gasteiger charge is 2.25. The number of nitrogens with one attached hydrogen (secondary N) is 1. The third kappa shape index (κ3) is 3.01. The maximum absolute atomic E-state index is 13.6. The van der Waals surface area contributed by atoms with E-state index in [-0.39, 0.29) is 11.9 Å². The Bertz CT molecular complexity index is 604. The summed E-state index contributed by atoms with van der Waals surface area (Å²) in [7, 11) is 0. The Morgan fingerprint density at radius 1 is 1.14 bits per heavy atom. The first-order valence-electron chi connectivity index (χ1n) is 7.87. The van der Waals surface area contributed by atoms with Gasteiger partial charge in [0.05, 0.1) is 6.04 Å². The molecular weight excluding hydrogens is 261 g/mol. The van der Waals surface area contributed by atoms with Crippen molar-refractivity contribution in [3.8, 4) is 0 Å². The zero-order valence-electron chi connectivity index (χ0n) is 12.5. The van der Waals surface area contributed by atoms with Crippen LogP contribution in [0, 0.1) is 5.82 Å². The molecule has 1 saturated carbocycles. The van der Waals surface area contributed by atoms with Crippen LogP contribution >= 0.6 is 0 Å². The van der Waals surface area contributed by atoms with Gasteiger partial charge in [-0.15, -0.1) is 0 Å². The van der Waals surface area contributed by atoms with E-state index in [4.69, 9.17) is 0 Å². The summed E-state index contributed by atoms with van der Waals surface area (Å²) >= 11 is 0. The van der Waals surface area contributed by atoms with Crippen LogP contribution in [0.2, 0.25) is 0 Å². The maximum Gasteiger partial charge on any atom is 0.123 e. The maximum atomic E-state index is 13.6. The fourth-order valence-electron chi connectivity index (χ4n) is 3.16. The number of halogens is 1. The van der Waals surface area contributed by atoms with Gasteiger partial charge in [-0.2, -0.15) is 0 Å². The molecule has 0 bridgehead atoms. The SMILES string of the molecule is CCNC(c1cccc(F)c1)c1ccccc1C1CCC1. The van der Waals surface area contributed by atoms with Gasteiger partial charge in [-0.3, -0.25) is 0 Å². The van der Waals surface area contributed by atoms with Crippen molar-refractivity contribution in [2.45, 2.75) is 38.1 Å². The second kappa shape index (κ2) is 6.40. The van der Waals surface area contributed by atoms with Crippen LogP contribution in [0.5, 0.6) is 0 Å². The molecule has 21 heavy (non-hydrogen) atoms. The lowest BCUT2D eigenvalue weighted by atomic mass is 9.76. The quantitative estimate of drug-likeness (QED) is 0.831. The standard InChI is InChI=1S/C19H22FN/c1-2-21-19(15-9-6-10-16(20)13-15)18-12-4-3-11-17(18)14-7-5-8-14/h3-4,6,9-14,19,21H,2,5,7-8H2,1H3. The molecule has 0 saturated heterocycles. The van der Waals surface area contributed by atoms with Gasteiger partial charge in [-0.05, 0) is 54.1 Å². The molecule has 1 N–H and O–H groups in total. The van der Waals surface area contributed by atoms with Crippen LogP contribution in [0.25, 0.3) is 0 Å². The third-order valence-electron chi connectivity index (χ3n) is 4.44. The Balaban J connectivity index is 2.01. The largest absolute Gasteiger partial charge is 0.307 e. The molecule has 1 aliphatic rings. The van der Waals surface area contributed by atoms with E-state index in [0.717, 1.165) is 12.1 Å². The Kier molecular flexibility index (Phi) is 4.35. The van der Waals surface area contributed by atoms with Crippen LogP contribution in [0.4, 0.5) is 4.39 Å². The molecular formula is C19H22FN. The van der Waals surface area contributed by atoms with Gasteiger partial charge in [0.1, 0.15) is 5.82 Å². The van der Waals surface area contributed by atoms with Crippen LogP contribution in [0.1, 0.15) is 54.8 Å². The fraction of sp³-hybridized carbons (Fsp3) is 0.368. The van der Waals surface area contributed by atoms with Gasteiger partial charge < -0.3 is 5.32 Å². The van der Waals surface area contributed by atoms with E-state index < -0.39 is 0 Å². The lowest BCUT2D eigenvalue weighted by Crippen LogP contribution is -2.24. The van der Waals surface area contributed by atoms with Crippen molar-refractivity contribution in [3.63, 3.8) is 0 Å². The Morgan fingerprint density at radius 2 is 1.95 bits per heavy atom. The first-order valence-corrected chi connectivity index (χ1v) is 7.87. The molecule has 1 atom stereocenters. The molecule has 0 radical (unpaired) electrons. The Morgan fingerprint density at radius 3 is 2.62 bits per heavy atom. The molecule has 1 unspecified atom stereocenters. The second-order valence-electron chi connectivity index (χ2n) is 5.80. The zero-order chi connectivity index (χ0) is 14.7. The topological polar surface area (TPSA) is 12.0 Å². The summed E-state index contributed by atoms with van der Waals surface area (Å²) in [6.45, 7) is 2.96. The molecule has 1 nitrogen and oxygen atoms in total. The van der Waals surface area contributed by atoms with Crippen LogP contribution in [-0.2, 0) is 0 Å². The molecule has 2 aromatic carbocycles. The molecule has 1 aliphatic carbocycles. The molecule has 3 rings (SSSR count). The minimum Gasteiger partial charge on any atom is -0.307 e. The highest BCUT2D eigenvalue weighted by molar-refractivity contribution is 5.40. The molecule has 2 aromatic rings. The van der Waals surface area contributed by atoms with Gasteiger partial charge in [0.2, 0.25) is 0 Å². The van der Waals surface area contributed by atoms with E-state index in [9.17, 15) is 4.39 Å². The van der Waals surface area contributed by atoms with Crippen molar-refractivity contribution in [2.24, 2.45) is 0 Å². The number of benzene rings is 2. The minimum atomic E-state index is -0.170. The number of rotatable bonds is 5. The average molecular weight is 283 g/mol. The summed E-state index contributed by atoms with van der Waals surface area (Å²) in [4.78, 5) is 0. The van der Waals surface area contributed by atoms with Crippen LogP contribution in [0.15, 0.2) is 48.5 Å². The first kappa shape index (κ1) is 14.3. The highest BCUT2D eigenvalue weighted by Crippen LogP contribution is 2.40. The van der Waals surface area contributed by atoms with Gasteiger partial charge in [0, 0.05) is 0 Å². The van der Waals surface area contributed by atoms with E-state index in [1.807, 2.05) is 6.07 Å². The summed E-state index contributed by atoms with van der Waals surface area (Å²) < 4.78 is 13.6. The van der Waals surface area contributed by atoms with Crippen molar-refractivity contribution >= 4 is 0 Å². The number of hydrogen-bond donors (Lipinski definition) is 1. The zero-order valence-corrected chi connectivity index (χ0v) is 12.5. The van der Waals surface area contributed by atoms with E-state index in [1.165, 1.54) is 36.5 Å². The lowest BCUT2D eigenvalue weighted by molar-refractivity contribution is 0.414. The Labute approximate surface area is 126 Å². The summed E-state index contributed by atoms with van der Waals surface area (Å²) in [6.07, 6.45) is 3.88. The van der Waals surface area contributed by atoms with E-state index in [0.29, 0.717) is 5.92 Å². The molecule has 0 aromatic heterocycles. The first-order chi connectivity index (χ1) is 10.3. The summed E-state index contributed by atoms with van der Waals surface area (Å²) in [5, 5.41) is 3.52. The highest BCUT2D eigenvalue weighted by atomic mass is 19.1. The van der Waals surface area contributed by atoms with Crippen LogP contribution in [-0.4, -0.2) is 6.54 Å². The molecule has 0 aliphatic heterocycles. The summed E-state index contributed by atoms with van der Waals surface area (Å²) in [5.41, 5.74) is 3.73. The molecule has 0 heterocycles. The average Bonchev–Trinajstić information content (AvgIpc) is 2.44. The molecule has 0 spiro atoms. The van der Waals surface area contributed by atoms with Crippen LogP contribution < -0.4 is 5.32 Å². The van der Waals surface area contributed by atoms with E-state index in [1.54, 1.807) is 12.1 Å². The number of hydrogen-bond acceptors (Lipinski definition) is 1. The molecule has 0 amide bonds. The third-order valence-corrected chi connectivity index (χ3v) is 4.44. The lowest BCUT2D eigenvalue weighted by Gasteiger charge is -2.31. The monoisotopic (exact) mass is 283 g/mol. The Hall–Kier alpha value is -1.67. The predicted octanol–water partition coefficient (Wildman–Crippen LogP) is 4.79. The molecule has 2 heteroatoms. The van der Waals surface area contributed by atoms with Gasteiger partial charge >= 0.3 is 0 Å². The minimum absolute atomic E-state index is 0.0718. The normalized spacial score (nSPS) is 16.5. The van der Waals surface area contributed by atoms with E-state index >= 15 is 0 Å². The second-order valence-corrected chi connectivity index (χ2v) is 5.80. The predicted molar refractivity (Wildman–Crippen MR) is 85.0 cm³/mol. The van der Waals surface area contributed by atoms with Gasteiger partial charge in [0.25, 0.3) is 0 Å². The van der Waals surface area contributed by atoms with Gasteiger partial charge in [0.15, 0.2) is 0 Å². The van der Waals surface area contributed by atoms with Crippen LogP contribution in [0.3, 0.4) is 0 Å². The van der Waals surface area contributed by atoms with Crippen molar-refractivity contribution in [3.05, 3.63) is 71.0 Å². The van der Waals surface area contributed by atoms with Gasteiger partial charge in [-0.25, -0.2) is 4.39 Å². The van der Waals surface area contributed by atoms with Crippen molar-refractivity contribution in [1.82, 2.24) is 5.32 Å². The van der Waals surface area contributed by atoms with E-state index in [2.05, 4.69) is 36.5 Å².